The number of hydrogen-bond acceptors (Lipinski definition) is 5. The molecular formula is C14H22ClNO4. The summed E-state index contributed by atoms with van der Waals surface area (Å²) in [5, 5.41) is 0. The number of hydrogen-bond donors (Lipinski definition) is 1. The Hall–Kier alpha value is -1.46. The van der Waals surface area contributed by atoms with Gasteiger partial charge in [0.25, 0.3) is 0 Å². The van der Waals surface area contributed by atoms with E-state index in [-0.39, 0.29) is 24.8 Å². The summed E-state index contributed by atoms with van der Waals surface area (Å²) in [5.74, 6) is 0.971. The van der Waals surface area contributed by atoms with Crippen molar-refractivity contribution in [3.05, 3.63) is 23.8 Å². The molecule has 1 aromatic carbocycles. The summed E-state index contributed by atoms with van der Waals surface area (Å²) >= 11 is 0. The lowest BCUT2D eigenvalue weighted by Gasteiger charge is -2.15. The Bertz CT molecular complexity index is 426. The summed E-state index contributed by atoms with van der Waals surface area (Å²) in [6.45, 7) is 4.59. The van der Waals surface area contributed by atoms with Crippen LogP contribution in [0.25, 0.3) is 0 Å². The topological polar surface area (TPSA) is 70.8 Å². The van der Waals surface area contributed by atoms with E-state index in [0.717, 1.165) is 5.56 Å². The minimum atomic E-state index is -0.413. The summed E-state index contributed by atoms with van der Waals surface area (Å²) in [6, 6.07) is 5.00. The Morgan fingerprint density at radius 3 is 2.50 bits per heavy atom. The van der Waals surface area contributed by atoms with Gasteiger partial charge in [-0.25, -0.2) is 0 Å². The molecule has 0 fully saturated rings. The Morgan fingerprint density at radius 2 is 1.95 bits per heavy atom. The van der Waals surface area contributed by atoms with Crippen molar-refractivity contribution in [1.82, 2.24) is 0 Å². The van der Waals surface area contributed by atoms with Crippen LogP contribution >= 0.6 is 12.4 Å². The summed E-state index contributed by atoms with van der Waals surface area (Å²) in [7, 11) is 1.57. The van der Waals surface area contributed by atoms with Gasteiger partial charge in [0.05, 0.1) is 26.7 Å². The van der Waals surface area contributed by atoms with Crippen molar-refractivity contribution in [3.63, 3.8) is 0 Å². The van der Waals surface area contributed by atoms with Crippen LogP contribution in [0.1, 0.15) is 31.9 Å². The van der Waals surface area contributed by atoms with Crippen LogP contribution in [-0.2, 0) is 9.53 Å². The highest BCUT2D eigenvalue weighted by Gasteiger charge is 2.15. The number of methoxy groups -OCH3 is 1. The maximum atomic E-state index is 11.4. The molecule has 1 aromatic rings. The van der Waals surface area contributed by atoms with E-state index < -0.39 is 6.04 Å². The molecule has 0 spiro atoms. The number of rotatable bonds is 7. The highest BCUT2D eigenvalue weighted by molar-refractivity contribution is 5.85. The Labute approximate surface area is 125 Å². The highest BCUT2D eigenvalue weighted by atomic mass is 35.5. The molecule has 5 nitrogen and oxygen atoms in total. The molecule has 0 aliphatic heterocycles. The molecule has 0 aromatic heterocycles. The van der Waals surface area contributed by atoms with Gasteiger partial charge in [0, 0.05) is 6.04 Å². The van der Waals surface area contributed by atoms with E-state index in [2.05, 4.69) is 0 Å². The van der Waals surface area contributed by atoms with E-state index in [0.29, 0.717) is 24.7 Å². The summed E-state index contributed by atoms with van der Waals surface area (Å²) in [6.07, 6.45) is 0.144. The van der Waals surface area contributed by atoms with Crippen LogP contribution in [0.5, 0.6) is 11.5 Å². The Morgan fingerprint density at radius 1 is 1.25 bits per heavy atom. The molecule has 0 amide bonds. The first-order chi connectivity index (χ1) is 9.12. The molecule has 1 atom stereocenters. The smallest absolute Gasteiger partial charge is 0.307 e. The first kappa shape index (κ1) is 18.5. The third-order valence-electron chi connectivity index (χ3n) is 2.61. The molecule has 0 aliphatic carbocycles. The van der Waals surface area contributed by atoms with E-state index in [9.17, 15) is 4.79 Å². The fraction of sp³-hybridized carbons (Fsp3) is 0.500. The van der Waals surface area contributed by atoms with Crippen LogP contribution in [0, 0.1) is 0 Å². The number of benzene rings is 1. The standard InChI is InChI=1S/C14H21NO4.ClH/c1-4-18-12-7-6-10(8-13(12)17-3)11(15)9-14(16)19-5-2;/h6-8,11H,4-5,9,15H2,1-3H3;1H/t11-;/m1./s1. The van der Waals surface area contributed by atoms with Crippen molar-refractivity contribution in [2.45, 2.75) is 26.3 Å². The number of carbonyl (C=O) groups is 1. The summed E-state index contributed by atoms with van der Waals surface area (Å²) in [5.41, 5.74) is 6.79. The summed E-state index contributed by atoms with van der Waals surface area (Å²) in [4.78, 5) is 11.4. The minimum Gasteiger partial charge on any atom is -0.493 e. The second kappa shape index (κ2) is 9.44. The van der Waals surface area contributed by atoms with Crippen molar-refractivity contribution < 1.29 is 19.0 Å². The van der Waals surface area contributed by atoms with E-state index in [1.165, 1.54) is 0 Å². The zero-order chi connectivity index (χ0) is 14.3. The number of ether oxygens (including phenoxy) is 3. The van der Waals surface area contributed by atoms with Crippen LogP contribution in [-0.4, -0.2) is 26.3 Å². The van der Waals surface area contributed by atoms with E-state index in [1.807, 2.05) is 13.0 Å². The SMILES string of the molecule is CCOC(=O)C[C@@H](N)c1ccc(OCC)c(OC)c1.Cl. The average Bonchev–Trinajstić information content (AvgIpc) is 2.39. The number of halogens is 1. The zero-order valence-electron chi connectivity index (χ0n) is 12.0. The van der Waals surface area contributed by atoms with Gasteiger partial charge in [0.15, 0.2) is 11.5 Å². The maximum Gasteiger partial charge on any atom is 0.307 e. The van der Waals surface area contributed by atoms with Crippen LogP contribution < -0.4 is 15.2 Å². The third kappa shape index (κ3) is 5.27. The monoisotopic (exact) mass is 303 g/mol. The number of carbonyl (C=O) groups excluding carboxylic acids is 1. The van der Waals surface area contributed by atoms with E-state index >= 15 is 0 Å². The maximum absolute atomic E-state index is 11.4. The van der Waals surface area contributed by atoms with Crippen LogP contribution in [0.15, 0.2) is 18.2 Å². The molecular weight excluding hydrogens is 282 g/mol. The molecule has 0 bridgehead atoms. The molecule has 20 heavy (non-hydrogen) atoms. The fourth-order valence-corrected chi connectivity index (χ4v) is 1.71. The van der Waals surface area contributed by atoms with Gasteiger partial charge in [0.2, 0.25) is 0 Å². The van der Waals surface area contributed by atoms with Gasteiger partial charge in [-0.15, -0.1) is 12.4 Å². The Balaban J connectivity index is 0.00000361. The van der Waals surface area contributed by atoms with Crippen molar-refractivity contribution in [1.29, 1.82) is 0 Å². The molecule has 2 N–H and O–H groups in total. The van der Waals surface area contributed by atoms with Gasteiger partial charge >= 0.3 is 5.97 Å². The first-order valence-electron chi connectivity index (χ1n) is 6.34. The highest BCUT2D eigenvalue weighted by Crippen LogP contribution is 2.30. The van der Waals surface area contributed by atoms with Crippen LogP contribution in [0.2, 0.25) is 0 Å². The molecule has 6 heteroatoms. The van der Waals surface area contributed by atoms with E-state index in [4.69, 9.17) is 19.9 Å². The quantitative estimate of drug-likeness (QED) is 0.784. The first-order valence-corrected chi connectivity index (χ1v) is 6.34. The van der Waals surface area contributed by atoms with Gasteiger partial charge in [-0.2, -0.15) is 0 Å². The molecule has 0 saturated heterocycles. The molecule has 0 heterocycles. The molecule has 114 valence electrons. The largest absolute Gasteiger partial charge is 0.493 e. The van der Waals surface area contributed by atoms with Gasteiger partial charge in [-0.3, -0.25) is 4.79 Å². The second-order valence-corrected chi connectivity index (χ2v) is 3.96. The Kier molecular flexibility index (Phi) is 8.76. The van der Waals surface area contributed by atoms with Gasteiger partial charge < -0.3 is 19.9 Å². The van der Waals surface area contributed by atoms with Crippen LogP contribution in [0.4, 0.5) is 0 Å². The van der Waals surface area contributed by atoms with Gasteiger partial charge in [-0.05, 0) is 31.5 Å². The predicted molar refractivity (Wildman–Crippen MR) is 79.6 cm³/mol. The van der Waals surface area contributed by atoms with Crippen molar-refractivity contribution in [3.8, 4) is 11.5 Å². The van der Waals surface area contributed by atoms with Crippen molar-refractivity contribution in [2.75, 3.05) is 20.3 Å². The molecule has 0 aliphatic rings. The molecule has 0 unspecified atom stereocenters. The average molecular weight is 304 g/mol. The van der Waals surface area contributed by atoms with Gasteiger partial charge in [-0.1, -0.05) is 6.07 Å². The normalized spacial score (nSPS) is 11.2. The minimum absolute atomic E-state index is 0. The summed E-state index contributed by atoms with van der Waals surface area (Å²) < 4.78 is 15.5. The predicted octanol–water partition coefficient (Wildman–Crippen LogP) is 2.47. The van der Waals surface area contributed by atoms with Gasteiger partial charge in [0.1, 0.15) is 0 Å². The lowest BCUT2D eigenvalue weighted by Crippen LogP contribution is -2.17. The molecule has 0 saturated carbocycles. The lowest BCUT2D eigenvalue weighted by atomic mass is 10.0. The van der Waals surface area contributed by atoms with E-state index in [1.54, 1.807) is 26.2 Å². The number of nitrogens with two attached hydrogens (primary N) is 1. The van der Waals surface area contributed by atoms with Crippen LogP contribution in [0.3, 0.4) is 0 Å². The lowest BCUT2D eigenvalue weighted by molar-refractivity contribution is -0.143. The molecule has 1 rings (SSSR count). The fourth-order valence-electron chi connectivity index (χ4n) is 1.71. The zero-order valence-corrected chi connectivity index (χ0v) is 12.9. The molecule has 0 radical (unpaired) electrons. The van der Waals surface area contributed by atoms with Crippen molar-refractivity contribution >= 4 is 18.4 Å². The third-order valence-corrected chi connectivity index (χ3v) is 2.61. The second-order valence-electron chi connectivity index (χ2n) is 3.96. The number of esters is 1. The van der Waals surface area contributed by atoms with Crippen molar-refractivity contribution in [2.24, 2.45) is 5.73 Å².